The van der Waals surface area contributed by atoms with E-state index < -0.39 is 0 Å². The van der Waals surface area contributed by atoms with Crippen molar-refractivity contribution >= 4 is 0 Å². The van der Waals surface area contributed by atoms with Gasteiger partial charge in [-0.15, -0.1) is 0 Å². The molecule has 0 radical (unpaired) electrons. The minimum absolute atomic E-state index is 0.554. The van der Waals surface area contributed by atoms with Crippen LogP contribution in [0.15, 0.2) is 59.0 Å². The summed E-state index contributed by atoms with van der Waals surface area (Å²) in [4.78, 5) is 4.59. The molecule has 4 nitrogen and oxygen atoms in total. The second kappa shape index (κ2) is 7.79. The Morgan fingerprint density at radius 3 is 2.67 bits per heavy atom. The first-order valence-electron chi connectivity index (χ1n) is 7.98. The Morgan fingerprint density at radius 1 is 1.04 bits per heavy atom. The maximum atomic E-state index is 5.83. The third-order valence-electron chi connectivity index (χ3n) is 3.73. The number of nitrogens with zero attached hydrogens (tertiary/aromatic N) is 1. The Labute approximate surface area is 142 Å². The van der Waals surface area contributed by atoms with Crippen molar-refractivity contribution < 1.29 is 13.9 Å². The third-order valence-corrected chi connectivity index (χ3v) is 3.73. The third kappa shape index (κ3) is 4.03. The van der Waals surface area contributed by atoms with Crippen molar-refractivity contribution in [3.8, 4) is 17.2 Å². The molecule has 24 heavy (non-hydrogen) atoms. The van der Waals surface area contributed by atoms with Gasteiger partial charge in [-0.3, -0.25) is 0 Å². The van der Waals surface area contributed by atoms with Gasteiger partial charge in [-0.2, -0.15) is 0 Å². The summed E-state index contributed by atoms with van der Waals surface area (Å²) >= 11 is 0. The zero-order valence-electron chi connectivity index (χ0n) is 14.0. The highest BCUT2D eigenvalue weighted by Gasteiger charge is 2.11. The Morgan fingerprint density at radius 2 is 1.88 bits per heavy atom. The van der Waals surface area contributed by atoms with E-state index in [9.17, 15) is 0 Å². The molecule has 124 valence electrons. The van der Waals surface area contributed by atoms with E-state index in [1.807, 2.05) is 61.5 Å². The SMILES string of the molecule is COCc1cccc(OCCc2nc(-c3ccccc3)oc2C)c1. The van der Waals surface area contributed by atoms with E-state index in [1.54, 1.807) is 7.11 Å². The summed E-state index contributed by atoms with van der Waals surface area (Å²) in [5, 5.41) is 0. The Kier molecular flexibility index (Phi) is 5.29. The lowest BCUT2D eigenvalue weighted by atomic mass is 10.2. The van der Waals surface area contributed by atoms with E-state index in [2.05, 4.69) is 4.98 Å². The van der Waals surface area contributed by atoms with Gasteiger partial charge in [0, 0.05) is 19.1 Å². The Hall–Kier alpha value is -2.59. The van der Waals surface area contributed by atoms with Crippen molar-refractivity contribution in [3.05, 3.63) is 71.6 Å². The van der Waals surface area contributed by atoms with Gasteiger partial charge in [-0.25, -0.2) is 4.98 Å². The minimum Gasteiger partial charge on any atom is -0.493 e. The van der Waals surface area contributed by atoms with Crippen molar-refractivity contribution in [1.29, 1.82) is 0 Å². The molecule has 0 N–H and O–H groups in total. The standard InChI is InChI=1S/C20H21NO3/c1-15-19(21-20(24-15)17-8-4-3-5-9-17)11-12-23-18-10-6-7-16(13-18)14-22-2/h3-10,13H,11-12,14H2,1-2H3. The van der Waals surface area contributed by atoms with Gasteiger partial charge in [0.1, 0.15) is 11.5 Å². The lowest BCUT2D eigenvalue weighted by Gasteiger charge is -2.07. The van der Waals surface area contributed by atoms with Crippen LogP contribution in [-0.4, -0.2) is 18.7 Å². The van der Waals surface area contributed by atoms with Crippen LogP contribution in [0.4, 0.5) is 0 Å². The van der Waals surface area contributed by atoms with Gasteiger partial charge in [0.05, 0.1) is 18.9 Å². The molecule has 2 aromatic carbocycles. The zero-order valence-corrected chi connectivity index (χ0v) is 14.0. The molecular formula is C20H21NO3. The first-order chi connectivity index (χ1) is 11.8. The Bertz CT molecular complexity index is 781. The van der Waals surface area contributed by atoms with Gasteiger partial charge in [0.25, 0.3) is 0 Å². The fourth-order valence-corrected chi connectivity index (χ4v) is 2.52. The van der Waals surface area contributed by atoms with Crippen LogP contribution in [0.25, 0.3) is 11.5 Å². The molecule has 0 bridgehead atoms. The van der Waals surface area contributed by atoms with Crippen LogP contribution in [0.2, 0.25) is 0 Å². The van der Waals surface area contributed by atoms with Crippen LogP contribution in [0, 0.1) is 6.92 Å². The van der Waals surface area contributed by atoms with Crippen LogP contribution in [0.1, 0.15) is 17.0 Å². The van der Waals surface area contributed by atoms with Crippen molar-refractivity contribution in [2.75, 3.05) is 13.7 Å². The van der Waals surface area contributed by atoms with Gasteiger partial charge >= 0.3 is 0 Å². The maximum Gasteiger partial charge on any atom is 0.226 e. The number of rotatable bonds is 7. The second-order valence-electron chi connectivity index (χ2n) is 5.57. The van der Waals surface area contributed by atoms with E-state index in [0.29, 0.717) is 25.5 Å². The number of ether oxygens (including phenoxy) is 2. The maximum absolute atomic E-state index is 5.83. The topological polar surface area (TPSA) is 44.5 Å². The summed E-state index contributed by atoms with van der Waals surface area (Å²) in [6, 6.07) is 17.8. The highest BCUT2D eigenvalue weighted by Crippen LogP contribution is 2.22. The van der Waals surface area contributed by atoms with Gasteiger partial charge in [0.2, 0.25) is 5.89 Å². The predicted octanol–water partition coefficient (Wildman–Crippen LogP) is 4.42. The van der Waals surface area contributed by atoms with Crippen LogP contribution >= 0.6 is 0 Å². The number of aromatic nitrogens is 1. The Balaban J connectivity index is 1.61. The quantitative estimate of drug-likeness (QED) is 0.646. The van der Waals surface area contributed by atoms with Gasteiger partial charge in [0.15, 0.2) is 0 Å². The number of methoxy groups -OCH3 is 1. The molecular weight excluding hydrogens is 302 g/mol. The van der Waals surface area contributed by atoms with E-state index in [0.717, 1.165) is 28.3 Å². The summed E-state index contributed by atoms with van der Waals surface area (Å²) in [5.41, 5.74) is 3.01. The molecule has 3 aromatic rings. The van der Waals surface area contributed by atoms with Crippen molar-refractivity contribution in [1.82, 2.24) is 4.98 Å². The van der Waals surface area contributed by atoms with E-state index in [-0.39, 0.29) is 0 Å². The summed E-state index contributed by atoms with van der Waals surface area (Å²) in [6.07, 6.45) is 0.705. The normalized spacial score (nSPS) is 10.8. The smallest absolute Gasteiger partial charge is 0.226 e. The van der Waals surface area contributed by atoms with E-state index in [1.165, 1.54) is 0 Å². The number of aryl methyl sites for hydroxylation is 1. The van der Waals surface area contributed by atoms with Gasteiger partial charge in [-0.05, 0) is 36.8 Å². The first kappa shape index (κ1) is 16.3. The van der Waals surface area contributed by atoms with E-state index in [4.69, 9.17) is 13.9 Å². The van der Waals surface area contributed by atoms with Crippen LogP contribution < -0.4 is 4.74 Å². The summed E-state index contributed by atoms with van der Waals surface area (Å²) in [6.45, 7) is 3.08. The lowest BCUT2D eigenvalue weighted by Crippen LogP contribution is -2.03. The number of benzene rings is 2. The summed E-state index contributed by atoms with van der Waals surface area (Å²) < 4.78 is 16.7. The van der Waals surface area contributed by atoms with Crippen molar-refractivity contribution in [2.24, 2.45) is 0 Å². The molecule has 0 fully saturated rings. The lowest BCUT2D eigenvalue weighted by molar-refractivity contribution is 0.184. The molecule has 0 atom stereocenters. The first-order valence-corrected chi connectivity index (χ1v) is 7.98. The van der Waals surface area contributed by atoms with Gasteiger partial charge in [-0.1, -0.05) is 30.3 Å². The summed E-state index contributed by atoms with van der Waals surface area (Å²) in [5.74, 6) is 2.34. The largest absolute Gasteiger partial charge is 0.493 e. The highest BCUT2D eigenvalue weighted by molar-refractivity contribution is 5.53. The van der Waals surface area contributed by atoms with Crippen molar-refractivity contribution in [3.63, 3.8) is 0 Å². The fourth-order valence-electron chi connectivity index (χ4n) is 2.52. The number of hydrogen-bond acceptors (Lipinski definition) is 4. The molecule has 0 saturated carbocycles. The molecule has 1 heterocycles. The monoisotopic (exact) mass is 323 g/mol. The zero-order chi connectivity index (χ0) is 16.8. The predicted molar refractivity (Wildman–Crippen MR) is 93.0 cm³/mol. The highest BCUT2D eigenvalue weighted by atomic mass is 16.5. The van der Waals surface area contributed by atoms with Crippen LogP contribution in [-0.2, 0) is 17.8 Å². The molecule has 0 amide bonds. The molecule has 0 aliphatic heterocycles. The molecule has 0 aliphatic carbocycles. The average molecular weight is 323 g/mol. The molecule has 0 saturated heterocycles. The number of hydrogen-bond donors (Lipinski definition) is 0. The summed E-state index contributed by atoms with van der Waals surface area (Å²) in [7, 11) is 1.69. The molecule has 0 aliphatic rings. The minimum atomic E-state index is 0.554. The van der Waals surface area contributed by atoms with Crippen molar-refractivity contribution in [2.45, 2.75) is 20.0 Å². The molecule has 0 unspecified atom stereocenters. The van der Waals surface area contributed by atoms with Crippen LogP contribution in [0.3, 0.4) is 0 Å². The van der Waals surface area contributed by atoms with E-state index >= 15 is 0 Å². The molecule has 4 heteroatoms. The second-order valence-corrected chi connectivity index (χ2v) is 5.57. The van der Waals surface area contributed by atoms with Gasteiger partial charge < -0.3 is 13.9 Å². The average Bonchev–Trinajstić information content (AvgIpc) is 2.97. The molecule has 3 rings (SSSR count). The molecule has 0 spiro atoms. The van der Waals surface area contributed by atoms with Crippen LogP contribution in [0.5, 0.6) is 5.75 Å². The fraction of sp³-hybridized carbons (Fsp3) is 0.250. The molecule has 1 aromatic heterocycles. The number of oxazole rings is 1.